The molecule has 0 spiro atoms. The van der Waals surface area contributed by atoms with Gasteiger partial charge in [0.1, 0.15) is 5.82 Å². The second-order valence-corrected chi connectivity index (χ2v) is 4.89. The first kappa shape index (κ1) is 11.0. The standard InChI is InChI=1S/C13H17FN2O/c14-11-1-3-12(4-2-11)16-13-9-5-15-6-10(13)8-17-7-9/h1-4,9-10,13,15-16H,5-8H2/t9-,10+,13+. The number of anilines is 1. The molecular formula is C13H17FN2O. The maximum Gasteiger partial charge on any atom is 0.123 e. The molecule has 3 rings (SSSR count). The van der Waals surface area contributed by atoms with Crippen LogP contribution in [0, 0.1) is 17.7 Å². The molecule has 0 unspecified atom stereocenters. The first-order chi connectivity index (χ1) is 8.33. The van der Waals surface area contributed by atoms with Gasteiger partial charge in [0.2, 0.25) is 0 Å². The molecule has 0 radical (unpaired) electrons. The zero-order valence-corrected chi connectivity index (χ0v) is 9.66. The number of hydrogen-bond acceptors (Lipinski definition) is 3. The maximum absolute atomic E-state index is 12.8. The molecule has 0 aromatic heterocycles. The first-order valence-corrected chi connectivity index (χ1v) is 6.13. The molecule has 3 atom stereocenters. The van der Waals surface area contributed by atoms with Crippen LogP contribution in [-0.4, -0.2) is 32.3 Å². The van der Waals surface area contributed by atoms with Gasteiger partial charge in [-0.15, -0.1) is 0 Å². The summed E-state index contributed by atoms with van der Waals surface area (Å²) in [6.45, 7) is 3.61. The van der Waals surface area contributed by atoms with Crippen LogP contribution in [0.15, 0.2) is 24.3 Å². The van der Waals surface area contributed by atoms with Gasteiger partial charge in [-0.3, -0.25) is 0 Å². The zero-order chi connectivity index (χ0) is 11.7. The highest BCUT2D eigenvalue weighted by atomic mass is 19.1. The normalized spacial score (nSPS) is 32.2. The van der Waals surface area contributed by atoms with E-state index in [1.807, 2.05) is 0 Å². The van der Waals surface area contributed by atoms with Crippen molar-refractivity contribution in [3.63, 3.8) is 0 Å². The number of piperidine rings is 1. The molecule has 3 nitrogen and oxygen atoms in total. The molecular weight excluding hydrogens is 219 g/mol. The number of ether oxygens (including phenoxy) is 1. The molecule has 2 bridgehead atoms. The third-order valence-electron chi connectivity index (χ3n) is 3.67. The first-order valence-electron chi connectivity index (χ1n) is 6.13. The van der Waals surface area contributed by atoms with Crippen LogP contribution in [0.3, 0.4) is 0 Å². The van der Waals surface area contributed by atoms with Crippen LogP contribution in [0.5, 0.6) is 0 Å². The number of hydrogen-bond donors (Lipinski definition) is 2. The minimum Gasteiger partial charge on any atom is -0.381 e. The second-order valence-electron chi connectivity index (χ2n) is 4.89. The molecule has 2 aliphatic rings. The van der Waals surface area contributed by atoms with Crippen molar-refractivity contribution in [2.45, 2.75) is 6.04 Å². The van der Waals surface area contributed by atoms with Gasteiger partial charge in [-0.25, -0.2) is 4.39 Å². The van der Waals surface area contributed by atoms with Gasteiger partial charge in [-0.2, -0.15) is 0 Å². The van der Waals surface area contributed by atoms with E-state index in [-0.39, 0.29) is 5.82 Å². The van der Waals surface area contributed by atoms with E-state index in [0.29, 0.717) is 17.9 Å². The molecule has 0 saturated carbocycles. The fourth-order valence-corrected chi connectivity index (χ4v) is 2.76. The lowest BCUT2D eigenvalue weighted by atomic mass is 9.83. The summed E-state index contributed by atoms with van der Waals surface area (Å²) < 4.78 is 18.4. The molecule has 1 aromatic carbocycles. The number of nitrogens with one attached hydrogen (secondary N) is 2. The molecule has 2 heterocycles. The SMILES string of the molecule is Fc1ccc(N[C@H]2[C@@H]3CNC[C@H]2COC3)cc1. The minimum atomic E-state index is -0.190. The Morgan fingerprint density at radius 2 is 1.76 bits per heavy atom. The van der Waals surface area contributed by atoms with Gasteiger partial charge in [0.25, 0.3) is 0 Å². The Hall–Kier alpha value is -1.13. The van der Waals surface area contributed by atoms with Crippen molar-refractivity contribution in [1.29, 1.82) is 0 Å². The Labute approximate surface area is 100 Å². The van der Waals surface area contributed by atoms with Crippen LogP contribution in [0.4, 0.5) is 10.1 Å². The van der Waals surface area contributed by atoms with E-state index >= 15 is 0 Å². The lowest BCUT2D eigenvalue weighted by molar-refractivity contribution is -0.0106. The molecule has 4 heteroatoms. The molecule has 2 saturated heterocycles. The zero-order valence-electron chi connectivity index (χ0n) is 9.66. The third-order valence-corrected chi connectivity index (χ3v) is 3.67. The van der Waals surface area contributed by atoms with E-state index in [1.54, 1.807) is 12.1 Å². The van der Waals surface area contributed by atoms with E-state index in [9.17, 15) is 4.39 Å². The summed E-state index contributed by atoms with van der Waals surface area (Å²) in [5.41, 5.74) is 0.996. The monoisotopic (exact) mass is 236 g/mol. The van der Waals surface area contributed by atoms with Gasteiger partial charge in [-0.1, -0.05) is 0 Å². The molecule has 0 amide bonds. The van der Waals surface area contributed by atoms with Gasteiger partial charge >= 0.3 is 0 Å². The summed E-state index contributed by atoms with van der Waals surface area (Å²) in [5, 5.41) is 6.96. The highest BCUT2D eigenvalue weighted by molar-refractivity contribution is 5.44. The molecule has 17 heavy (non-hydrogen) atoms. The molecule has 2 aliphatic heterocycles. The van der Waals surface area contributed by atoms with Crippen molar-refractivity contribution < 1.29 is 9.13 Å². The summed E-state index contributed by atoms with van der Waals surface area (Å²) in [4.78, 5) is 0. The van der Waals surface area contributed by atoms with Gasteiger partial charge in [0.05, 0.1) is 13.2 Å². The average Bonchev–Trinajstić information content (AvgIpc) is 2.32. The van der Waals surface area contributed by atoms with Crippen LogP contribution in [0.2, 0.25) is 0 Å². The molecule has 92 valence electrons. The van der Waals surface area contributed by atoms with E-state index in [0.717, 1.165) is 32.0 Å². The van der Waals surface area contributed by atoms with Crippen molar-refractivity contribution >= 4 is 5.69 Å². The van der Waals surface area contributed by atoms with Crippen molar-refractivity contribution in [1.82, 2.24) is 5.32 Å². The third kappa shape index (κ3) is 2.28. The van der Waals surface area contributed by atoms with E-state index < -0.39 is 0 Å². The number of fused-ring (bicyclic) bond motifs is 2. The Kier molecular flexibility index (Phi) is 2.99. The van der Waals surface area contributed by atoms with Crippen molar-refractivity contribution in [3.05, 3.63) is 30.1 Å². The minimum absolute atomic E-state index is 0.190. The van der Waals surface area contributed by atoms with Gasteiger partial charge < -0.3 is 15.4 Å². The Morgan fingerprint density at radius 1 is 1.12 bits per heavy atom. The summed E-state index contributed by atoms with van der Waals surface area (Å²) in [5.74, 6) is 0.824. The molecule has 1 aromatic rings. The van der Waals surface area contributed by atoms with Crippen LogP contribution >= 0.6 is 0 Å². The van der Waals surface area contributed by atoms with Gasteiger partial charge in [-0.05, 0) is 24.3 Å². The lowest BCUT2D eigenvalue weighted by Crippen LogP contribution is -2.56. The molecule has 0 aliphatic carbocycles. The topological polar surface area (TPSA) is 33.3 Å². The number of halogens is 1. The maximum atomic E-state index is 12.8. The number of rotatable bonds is 2. The summed E-state index contributed by atoms with van der Waals surface area (Å²) >= 11 is 0. The molecule has 2 N–H and O–H groups in total. The van der Waals surface area contributed by atoms with Crippen LogP contribution in [-0.2, 0) is 4.74 Å². The lowest BCUT2D eigenvalue weighted by Gasteiger charge is -2.43. The highest BCUT2D eigenvalue weighted by Gasteiger charge is 2.36. The predicted octanol–water partition coefficient (Wildman–Crippen LogP) is 1.47. The van der Waals surface area contributed by atoms with E-state index in [4.69, 9.17) is 4.74 Å². The van der Waals surface area contributed by atoms with Crippen molar-refractivity contribution in [2.75, 3.05) is 31.6 Å². The van der Waals surface area contributed by atoms with Gasteiger partial charge in [0, 0.05) is 36.7 Å². The van der Waals surface area contributed by atoms with Gasteiger partial charge in [0.15, 0.2) is 0 Å². The van der Waals surface area contributed by atoms with Crippen molar-refractivity contribution in [3.8, 4) is 0 Å². The van der Waals surface area contributed by atoms with Crippen LogP contribution in [0.25, 0.3) is 0 Å². The second kappa shape index (κ2) is 4.63. The van der Waals surface area contributed by atoms with Crippen LogP contribution < -0.4 is 10.6 Å². The fourth-order valence-electron chi connectivity index (χ4n) is 2.76. The number of benzene rings is 1. The fraction of sp³-hybridized carbons (Fsp3) is 0.538. The molecule has 2 fully saturated rings. The van der Waals surface area contributed by atoms with E-state index in [2.05, 4.69) is 10.6 Å². The largest absolute Gasteiger partial charge is 0.381 e. The highest BCUT2D eigenvalue weighted by Crippen LogP contribution is 2.26. The van der Waals surface area contributed by atoms with Crippen LogP contribution in [0.1, 0.15) is 0 Å². The smallest absolute Gasteiger partial charge is 0.123 e. The van der Waals surface area contributed by atoms with Crippen molar-refractivity contribution in [2.24, 2.45) is 11.8 Å². The Morgan fingerprint density at radius 3 is 2.41 bits per heavy atom. The Balaban J connectivity index is 1.73. The summed E-state index contributed by atoms with van der Waals surface area (Å²) in [6.07, 6.45) is 0. The Bertz CT molecular complexity index is 360. The predicted molar refractivity (Wildman–Crippen MR) is 64.5 cm³/mol. The average molecular weight is 236 g/mol. The summed E-state index contributed by atoms with van der Waals surface area (Å²) in [6, 6.07) is 7.03. The summed E-state index contributed by atoms with van der Waals surface area (Å²) in [7, 11) is 0. The van der Waals surface area contributed by atoms with E-state index in [1.165, 1.54) is 12.1 Å². The quantitative estimate of drug-likeness (QED) is 0.816.